The van der Waals surface area contributed by atoms with E-state index in [4.69, 9.17) is 0 Å². The molecule has 2 aromatic rings. The van der Waals surface area contributed by atoms with Gasteiger partial charge in [0.1, 0.15) is 0 Å². The molecule has 1 aromatic carbocycles. The van der Waals surface area contributed by atoms with Crippen molar-refractivity contribution in [3.05, 3.63) is 41.6 Å². The largest absolute Gasteiger partial charge is 0.465 e. The number of carbonyl (C=O) groups excluding carboxylic acids is 1. The summed E-state index contributed by atoms with van der Waals surface area (Å²) in [7, 11) is 1.38. The molecule has 0 spiro atoms. The van der Waals surface area contributed by atoms with Crippen LogP contribution < -0.4 is 0 Å². The number of nitrogens with zero attached hydrogens (tertiary/aromatic N) is 1. The molecule has 0 amide bonds. The molecule has 0 aliphatic rings. The van der Waals surface area contributed by atoms with E-state index in [1.54, 1.807) is 18.3 Å². The molecule has 0 N–H and O–H groups in total. The van der Waals surface area contributed by atoms with Crippen LogP contribution in [0.25, 0.3) is 10.9 Å². The van der Waals surface area contributed by atoms with Gasteiger partial charge in [-0.2, -0.15) is 0 Å². The van der Waals surface area contributed by atoms with Crippen molar-refractivity contribution >= 4 is 16.9 Å². The van der Waals surface area contributed by atoms with E-state index in [1.807, 2.05) is 19.1 Å². The summed E-state index contributed by atoms with van der Waals surface area (Å²) in [5.74, 6) is -0.316. The number of methoxy groups -OCH3 is 1. The molecule has 2 rings (SSSR count). The molecule has 0 bridgehead atoms. The quantitative estimate of drug-likeness (QED) is 0.665. The second kappa shape index (κ2) is 3.69. The minimum Gasteiger partial charge on any atom is -0.465 e. The van der Waals surface area contributed by atoms with Crippen LogP contribution in [0.3, 0.4) is 0 Å². The molecule has 0 aliphatic carbocycles. The van der Waals surface area contributed by atoms with Gasteiger partial charge in [-0.05, 0) is 30.7 Å². The first-order chi connectivity index (χ1) is 7.22. The maximum atomic E-state index is 11.4. The van der Waals surface area contributed by atoms with Gasteiger partial charge >= 0.3 is 5.97 Å². The summed E-state index contributed by atoms with van der Waals surface area (Å²) < 4.78 is 4.68. The van der Waals surface area contributed by atoms with Gasteiger partial charge in [0, 0.05) is 11.6 Å². The van der Waals surface area contributed by atoms with Gasteiger partial charge in [-0.15, -0.1) is 0 Å². The Kier molecular flexibility index (Phi) is 2.37. The molecule has 3 nitrogen and oxygen atoms in total. The second-order valence-corrected chi connectivity index (χ2v) is 3.36. The Morgan fingerprint density at radius 3 is 2.93 bits per heavy atom. The molecule has 0 unspecified atom stereocenters. The van der Waals surface area contributed by atoms with E-state index in [1.165, 1.54) is 7.11 Å². The first kappa shape index (κ1) is 9.65. The van der Waals surface area contributed by atoms with Gasteiger partial charge in [-0.25, -0.2) is 4.79 Å². The molecule has 0 fully saturated rings. The number of hydrogen-bond acceptors (Lipinski definition) is 3. The lowest BCUT2D eigenvalue weighted by Gasteiger charge is -2.04. The molecule has 0 saturated heterocycles. The summed E-state index contributed by atoms with van der Waals surface area (Å²) in [6, 6.07) is 7.37. The Bertz CT molecular complexity index is 520. The topological polar surface area (TPSA) is 39.2 Å². The van der Waals surface area contributed by atoms with Crippen molar-refractivity contribution in [1.82, 2.24) is 4.98 Å². The fourth-order valence-corrected chi connectivity index (χ4v) is 1.61. The monoisotopic (exact) mass is 201 g/mol. The molecule has 0 radical (unpaired) electrons. The summed E-state index contributed by atoms with van der Waals surface area (Å²) in [4.78, 5) is 15.6. The summed E-state index contributed by atoms with van der Waals surface area (Å²) in [5, 5.41) is 0.956. The van der Waals surface area contributed by atoms with Crippen molar-refractivity contribution in [2.75, 3.05) is 7.11 Å². The third-order valence-electron chi connectivity index (χ3n) is 2.32. The zero-order chi connectivity index (χ0) is 10.8. The standard InChI is InChI=1S/C12H11NO2/c1-8-6-10(12(14)15-2)7-9-4-3-5-13-11(8)9/h3-7H,1-2H3. The number of aryl methyl sites for hydroxylation is 1. The maximum absolute atomic E-state index is 11.4. The highest BCUT2D eigenvalue weighted by Crippen LogP contribution is 2.18. The number of carbonyl (C=O) groups is 1. The highest BCUT2D eigenvalue weighted by Gasteiger charge is 2.08. The molecule has 0 aliphatic heterocycles. The predicted octanol–water partition coefficient (Wildman–Crippen LogP) is 2.33. The lowest BCUT2D eigenvalue weighted by molar-refractivity contribution is 0.0601. The number of esters is 1. The van der Waals surface area contributed by atoms with Crippen molar-refractivity contribution in [3.8, 4) is 0 Å². The molecule has 76 valence electrons. The van der Waals surface area contributed by atoms with Gasteiger partial charge in [0.15, 0.2) is 0 Å². The number of benzene rings is 1. The van der Waals surface area contributed by atoms with Crippen LogP contribution in [0.1, 0.15) is 15.9 Å². The number of rotatable bonds is 1. The third kappa shape index (κ3) is 1.68. The summed E-state index contributed by atoms with van der Waals surface area (Å²) in [6.07, 6.45) is 1.74. The van der Waals surface area contributed by atoms with Crippen LogP contribution in [-0.2, 0) is 4.74 Å². The normalized spacial score (nSPS) is 10.3. The summed E-state index contributed by atoms with van der Waals surface area (Å²) >= 11 is 0. The Labute approximate surface area is 87.7 Å². The van der Waals surface area contributed by atoms with Crippen LogP contribution in [0.2, 0.25) is 0 Å². The number of aromatic nitrogens is 1. The van der Waals surface area contributed by atoms with E-state index in [9.17, 15) is 4.79 Å². The van der Waals surface area contributed by atoms with Crippen molar-refractivity contribution in [2.45, 2.75) is 6.92 Å². The predicted molar refractivity (Wildman–Crippen MR) is 57.8 cm³/mol. The van der Waals surface area contributed by atoms with Crippen molar-refractivity contribution in [3.63, 3.8) is 0 Å². The smallest absolute Gasteiger partial charge is 0.337 e. The minimum absolute atomic E-state index is 0.316. The van der Waals surface area contributed by atoms with Crippen LogP contribution in [0.5, 0.6) is 0 Å². The van der Waals surface area contributed by atoms with Crippen molar-refractivity contribution in [1.29, 1.82) is 0 Å². The Balaban J connectivity index is 2.67. The molecule has 15 heavy (non-hydrogen) atoms. The molecule has 0 atom stereocenters. The van der Waals surface area contributed by atoms with E-state index >= 15 is 0 Å². The van der Waals surface area contributed by atoms with E-state index in [2.05, 4.69) is 9.72 Å². The number of pyridine rings is 1. The zero-order valence-electron chi connectivity index (χ0n) is 8.65. The SMILES string of the molecule is COC(=O)c1cc(C)c2ncccc2c1. The van der Waals surface area contributed by atoms with Gasteiger partial charge in [-0.3, -0.25) is 4.98 Å². The van der Waals surface area contributed by atoms with E-state index in [0.29, 0.717) is 5.56 Å². The van der Waals surface area contributed by atoms with Gasteiger partial charge in [0.05, 0.1) is 18.2 Å². The van der Waals surface area contributed by atoms with Crippen LogP contribution in [0.15, 0.2) is 30.5 Å². The Hall–Kier alpha value is -1.90. The fraction of sp³-hybridized carbons (Fsp3) is 0.167. The van der Waals surface area contributed by atoms with Gasteiger partial charge in [-0.1, -0.05) is 6.07 Å². The fourth-order valence-electron chi connectivity index (χ4n) is 1.61. The molecular weight excluding hydrogens is 190 g/mol. The molecule has 0 saturated carbocycles. The summed E-state index contributed by atoms with van der Waals surface area (Å²) in [6.45, 7) is 1.93. The summed E-state index contributed by atoms with van der Waals surface area (Å²) in [5.41, 5.74) is 2.47. The molecule has 1 aromatic heterocycles. The number of hydrogen-bond donors (Lipinski definition) is 0. The Morgan fingerprint density at radius 2 is 2.20 bits per heavy atom. The average Bonchev–Trinajstić information content (AvgIpc) is 2.28. The second-order valence-electron chi connectivity index (χ2n) is 3.36. The Morgan fingerprint density at radius 1 is 1.40 bits per heavy atom. The molecule has 3 heteroatoms. The lowest BCUT2D eigenvalue weighted by Crippen LogP contribution is -2.01. The van der Waals surface area contributed by atoms with Gasteiger partial charge in [0.25, 0.3) is 0 Å². The average molecular weight is 201 g/mol. The van der Waals surface area contributed by atoms with Gasteiger partial charge in [0.2, 0.25) is 0 Å². The van der Waals surface area contributed by atoms with Crippen LogP contribution in [0.4, 0.5) is 0 Å². The van der Waals surface area contributed by atoms with Gasteiger partial charge < -0.3 is 4.74 Å². The van der Waals surface area contributed by atoms with E-state index < -0.39 is 0 Å². The van der Waals surface area contributed by atoms with E-state index in [0.717, 1.165) is 16.5 Å². The number of fused-ring (bicyclic) bond motifs is 1. The zero-order valence-corrected chi connectivity index (χ0v) is 8.65. The van der Waals surface area contributed by atoms with E-state index in [-0.39, 0.29) is 5.97 Å². The van der Waals surface area contributed by atoms with Crippen LogP contribution in [-0.4, -0.2) is 18.1 Å². The maximum Gasteiger partial charge on any atom is 0.337 e. The van der Waals surface area contributed by atoms with Crippen LogP contribution in [0, 0.1) is 6.92 Å². The van der Waals surface area contributed by atoms with Crippen LogP contribution >= 0.6 is 0 Å². The lowest BCUT2D eigenvalue weighted by atomic mass is 10.1. The molecule has 1 heterocycles. The highest BCUT2D eigenvalue weighted by atomic mass is 16.5. The first-order valence-corrected chi connectivity index (χ1v) is 4.66. The van der Waals surface area contributed by atoms with Crippen molar-refractivity contribution < 1.29 is 9.53 Å². The highest BCUT2D eigenvalue weighted by molar-refractivity contribution is 5.95. The minimum atomic E-state index is -0.316. The number of ether oxygens (including phenoxy) is 1. The third-order valence-corrected chi connectivity index (χ3v) is 2.32. The molecular formula is C12H11NO2. The van der Waals surface area contributed by atoms with Crippen molar-refractivity contribution in [2.24, 2.45) is 0 Å². The first-order valence-electron chi connectivity index (χ1n) is 4.66.